The molecule has 1 aromatic heterocycles. The van der Waals surface area contributed by atoms with Crippen LogP contribution >= 0.6 is 0 Å². The molecule has 6 nitrogen and oxygen atoms in total. The number of ether oxygens (including phenoxy) is 1. The number of benzene rings is 1. The van der Waals surface area contributed by atoms with Crippen LogP contribution in [0.2, 0.25) is 0 Å². The fourth-order valence-corrected chi connectivity index (χ4v) is 2.25. The van der Waals surface area contributed by atoms with E-state index in [1.165, 1.54) is 6.08 Å². The molecule has 0 spiro atoms. The van der Waals surface area contributed by atoms with Gasteiger partial charge < -0.3 is 10.1 Å². The summed E-state index contributed by atoms with van der Waals surface area (Å²) < 4.78 is 4.82. The molecule has 0 aliphatic carbocycles. The molecule has 0 saturated heterocycles. The lowest BCUT2D eigenvalue weighted by molar-refractivity contribution is -0.137. The number of amides is 1. The van der Waals surface area contributed by atoms with Crippen molar-refractivity contribution in [2.75, 3.05) is 11.9 Å². The minimum atomic E-state index is -0.379. The predicted octanol–water partition coefficient (Wildman–Crippen LogP) is 3.44. The fraction of sp³-hybridized carbons (Fsp3) is 0.316. The smallest absolute Gasteiger partial charge is 0.330 e. The maximum atomic E-state index is 12.2. The van der Waals surface area contributed by atoms with Gasteiger partial charge in [0.2, 0.25) is 0 Å². The summed E-state index contributed by atoms with van der Waals surface area (Å²) in [4.78, 5) is 23.5. The van der Waals surface area contributed by atoms with Crippen LogP contribution in [-0.2, 0) is 16.0 Å². The average molecular weight is 341 g/mol. The summed E-state index contributed by atoms with van der Waals surface area (Å²) in [5.74, 6) is -0.150. The van der Waals surface area contributed by atoms with Crippen molar-refractivity contribution in [3.63, 3.8) is 0 Å². The molecule has 1 aromatic carbocycles. The van der Waals surface area contributed by atoms with Crippen LogP contribution in [-0.4, -0.2) is 28.7 Å². The van der Waals surface area contributed by atoms with E-state index >= 15 is 0 Å². The first-order chi connectivity index (χ1) is 12.0. The summed E-state index contributed by atoms with van der Waals surface area (Å²) in [6.07, 6.45) is 3.88. The number of hydrogen-bond donors (Lipinski definition) is 2. The largest absolute Gasteiger partial charge is 0.463 e. The summed E-state index contributed by atoms with van der Waals surface area (Å²) >= 11 is 0. The van der Waals surface area contributed by atoms with Crippen molar-refractivity contribution in [2.24, 2.45) is 5.92 Å². The van der Waals surface area contributed by atoms with Crippen LogP contribution in [0.5, 0.6) is 0 Å². The van der Waals surface area contributed by atoms with Crippen LogP contribution < -0.4 is 5.32 Å². The molecule has 132 valence electrons. The molecule has 2 N–H and O–H groups in total. The molecule has 0 unspecified atom stereocenters. The Bertz CT molecular complexity index is 746. The van der Waals surface area contributed by atoms with E-state index < -0.39 is 0 Å². The number of anilines is 1. The van der Waals surface area contributed by atoms with Gasteiger partial charge in [-0.1, -0.05) is 26.0 Å². The third kappa shape index (κ3) is 5.91. The third-order valence-corrected chi connectivity index (χ3v) is 3.36. The van der Waals surface area contributed by atoms with Crippen molar-refractivity contribution in [3.05, 3.63) is 53.4 Å². The van der Waals surface area contributed by atoms with E-state index in [9.17, 15) is 9.59 Å². The lowest BCUT2D eigenvalue weighted by atomic mass is 10.1. The van der Waals surface area contributed by atoms with Gasteiger partial charge >= 0.3 is 5.97 Å². The van der Waals surface area contributed by atoms with Crippen LogP contribution in [0.4, 0.5) is 5.69 Å². The van der Waals surface area contributed by atoms with Crippen molar-refractivity contribution in [2.45, 2.75) is 27.2 Å². The molecule has 25 heavy (non-hydrogen) atoms. The molecule has 6 heteroatoms. The Labute approximate surface area is 147 Å². The van der Waals surface area contributed by atoms with Gasteiger partial charge in [0.25, 0.3) is 5.91 Å². The Morgan fingerprint density at radius 3 is 2.64 bits per heavy atom. The van der Waals surface area contributed by atoms with E-state index in [1.54, 1.807) is 43.3 Å². The third-order valence-electron chi connectivity index (χ3n) is 3.36. The maximum absolute atomic E-state index is 12.2. The van der Waals surface area contributed by atoms with Crippen molar-refractivity contribution in [1.29, 1.82) is 0 Å². The van der Waals surface area contributed by atoms with Gasteiger partial charge in [0.1, 0.15) is 0 Å². The van der Waals surface area contributed by atoms with Crippen LogP contribution in [0.1, 0.15) is 42.5 Å². The second-order valence-electron chi connectivity index (χ2n) is 6.04. The molecule has 1 amide bonds. The zero-order valence-electron chi connectivity index (χ0n) is 14.7. The predicted molar refractivity (Wildman–Crippen MR) is 97.2 cm³/mol. The number of hydrogen-bond acceptors (Lipinski definition) is 4. The van der Waals surface area contributed by atoms with Crippen LogP contribution in [0, 0.1) is 5.92 Å². The lowest BCUT2D eigenvalue weighted by Crippen LogP contribution is -2.12. The number of nitrogens with zero attached hydrogens (tertiary/aromatic N) is 1. The van der Waals surface area contributed by atoms with E-state index in [2.05, 4.69) is 29.4 Å². The monoisotopic (exact) mass is 341 g/mol. The first kappa shape index (κ1) is 18.4. The van der Waals surface area contributed by atoms with Gasteiger partial charge in [0.15, 0.2) is 5.69 Å². The number of carbonyl (C=O) groups excluding carboxylic acids is 2. The molecule has 0 bridgehead atoms. The molecule has 0 fully saturated rings. The number of aromatic nitrogens is 2. The Morgan fingerprint density at radius 2 is 2.00 bits per heavy atom. The van der Waals surface area contributed by atoms with E-state index in [0.29, 0.717) is 23.9 Å². The second-order valence-corrected chi connectivity index (χ2v) is 6.04. The molecule has 2 aromatic rings. The minimum Gasteiger partial charge on any atom is -0.463 e. The van der Waals surface area contributed by atoms with Gasteiger partial charge in [-0.2, -0.15) is 5.10 Å². The minimum absolute atomic E-state index is 0.263. The molecule has 1 heterocycles. The van der Waals surface area contributed by atoms with E-state index in [1.807, 2.05) is 0 Å². The van der Waals surface area contributed by atoms with Gasteiger partial charge in [-0.05, 0) is 49.1 Å². The lowest BCUT2D eigenvalue weighted by Gasteiger charge is -2.03. The van der Waals surface area contributed by atoms with Gasteiger partial charge in [-0.25, -0.2) is 4.79 Å². The van der Waals surface area contributed by atoms with Gasteiger partial charge in [-0.3, -0.25) is 9.89 Å². The fourth-order valence-electron chi connectivity index (χ4n) is 2.25. The number of nitrogens with one attached hydrogen (secondary N) is 2. The standard InChI is InChI=1S/C19H23N3O3/c1-4-25-18(23)10-7-14-5-8-15(9-6-14)20-19(24)17-12-16(21-22-17)11-13(2)3/h5-10,12-13H,4,11H2,1-3H3,(H,20,24)(H,21,22). The SMILES string of the molecule is CCOC(=O)C=Cc1ccc(NC(=O)c2cc(CC(C)C)[nH]n2)cc1. The first-order valence-electron chi connectivity index (χ1n) is 8.28. The highest BCUT2D eigenvalue weighted by Gasteiger charge is 2.11. The van der Waals surface area contributed by atoms with Crippen molar-refractivity contribution in [3.8, 4) is 0 Å². The number of rotatable bonds is 7. The second kappa shape index (κ2) is 8.82. The summed E-state index contributed by atoms with van der Waals surface area (Å²) in [6, 6.07) is 8.92. The average Bonchev–Trinajstić information content (AvgIpc) is 3.02. The maximum Gasteiger partial charge on any atom is 0.330 e. The summed E-state index contributed by atoms with van der Waals surface area (Å²) in [5.41, 5.74) is 2.80. The molecule has 2 rings (SSSR count). The number of H-pyrrole nitrogens is 1. The van der Waals surface area contributed by atoms with E-state index in [4.69, 9.17) is 4.74 Å². The molecular weight excluding hydrogens is 318 g/mol. The molecular formula is C19H23N3O3. The molecule has 0 aliphatic heterocycles. The topological polar surface area (TPSA) is 84.1 Å². The first-order valence-corrected chi connectivity index (χ1v) is 8.28. The highest BCUT2D eigenvalue weighted by molar-refractivity contribution is 6.02. The number of esters is 1. The van der Waals surface area contributed by atoms with Crippen LogP contribution in [0.15, 0.2) is 36.4 Å². The van der Waals surface area contributed by atoms with Gasteiger partial charge in [-0.15, -0.1) is 0 Å². The Hall–Kier alpha value is -2.89. The molecule has 0 atom stereocenters. The van der Waals surface area contributed by atoms with Crippen LogP contribution in [0.3, 0.4) is 0 Å². The molecule has 0 radical (unpaired) electrons. The zero-order valence-corrected chi connectivity index (χ0v) is 14.7. The normalized spacial score (nSPS) is 11.0. The zero-order chi connectivity index (χ0) is 18.2. The van der Waals surface area contributed by atoms with Gasteiger partial charge in [0, 0.05) is 17.5 Å². The Morgan fingerprint density at radius 1 is 1.28 bits per heavy atom. The quantitative estimate of drug-likeness (QED) is 0.597. The summed E-state index contributed by atoms with van der Waals surface area (Å²) in [6.45, 7) is 6.33. The number of carbonyl (C=O) groups is 2. The molecule has 0 aliphatic rings. The van der Waals surface area contributed by atoms with Crippen LogP contribution in [0.25, 0.3) is 6.08 Å². The Balaban J connectivity index is 1.95. The summed E-state index contributed by atoms with van der Waals surface area (Å²) in [7, 11) is 0. The highest BCUT2D eigenvalue weighted by Crippen LogP contribution is 2.13. The van der Waals surface area contributed by atoms with E-state index in [-0.39, 0.29) is 11.9 Å². The summed E-state index contributed by atoms with van der Waals surface area (Å²) in [5, 5.41) is 9.74. The molecule has 0 saturated carbocycles. The van der Waals surface area contributed by atoms with Crippen molar-refractivity contribution in [1.82, 2.24) is 10.2 Å². The van der Waals surface area contributed by atoms with Gasteiger partial charge in [0.05, 0.1) is 6.61 Å². The van der Waals surface area contributed by atoms with Crippen molar-refractivity contribution >= 4 is 23.6 Å². The highest BCUT2D eigenvalue weighted by atomic mass is 16.5. The van der Waals surface area contributed by atoms with Crippen molar-refractivity contribution < 1.29 is 14.3 Å². The number of aromatic amines is 1. The Kier molecular flexibility index (Phi) is 6.51. The van der Waals surface area contributed by atoms with E-state index in [0.717, 1.165) is 17.7 Å².